The van der Waals surface area contributed by atoms with Crippen LogP contribution in [0.5, 0.6) is 0 Å². The summed E-state index contributed by atoms with van der Waals surface area (Å²) < 4.78 is 10.2. The smallest absolute Gasteiger partial charge is 0.302 e. The van der Waals surface area contributed by atoms with Crippen LogP contribution in [0.15, 0.2) is 11.8 Å². The number of hydrogen-bond donors (Lipinski definition) is 0. The van der Waals surface area contributed by atoms with Crippen molar-refractivity contribution >= 4 is 5.97 Å². The number of hydrogen-bond acceptors (Lipinski definition) is 3. The third-order valence-corrected chi connectivity index (χ3v) is 2.14. The zero-order valence-electron chi connectivity index (χ0n) is 8.21. The van der Waals surface area contributed by atoms with Crippen LogP contribution < -0.4 is 0 Å². The highest BCUT2D eigenvalue weighted by Gasteiger charge is 2.15. The Balaban J connectivity index is 2.25. The van der Waals surface area contributed by atoms with E-state index in [9.17, 15) is 4.79 Å². The van der Waals surface area contributed by atoms with E-state index in [2.05, 4.69) is 6.92 Å². The number of carbonyl (C=O) groups is 1. The van der Waals surface area contributed by atoms with Crippen LogP contribution in [0.25, 0.3) is 0 Å². The van der Waals surface area contributed by atoms with E-state index >= 15 is 0 Å². The highest BCUT2D eigenvalue weighted by Crippen LogP contribution is 2.19. The Morgan fingerprint density at radius 1 is 1.77 bits per heavy atom. The van der Waals surface area contributed by atoms with E-state index in [4.69, 9.17) is 9.47 Å². The number of rotatable bonds is 3. The lowest BCUT2D eigenvalue weighted by atomic mass is 10.0. The van der Waals surface area contributed by atoms with Gasteiger partial charge in [-0.05, 0) is 24.8 Å². The van der Waals surface area contributed by atoms with E-state index < -0.39 is 0 Å². The third kappa shape index (κ3) is 3.49. The molecule has 0 spiro atoms. The molecule has 0 saturated carbocycles. The first-order valence-electron chi connectivity index (χ1n) is 4.69. The molecule has 74 valence electrons. The van der Waals surface area contributed by atoms with Gasteiger partial charge in [-0.3, -0.25) is 4.79 Å². The lowest BCUT2D eigenvalue weighted by Crippen LogP contribution is -2.22. The molecule has 0 bridgehead atoms. The van der Waals surface area contributed by atoms with Crippen LogP contribution in [0.1, 0.15) is 33.1 Å². The summed E-state index contributed by atoms with van der Waals surface area (Å²) in [7, 11) is 0. The van der Waals surface area contributed by atoms with Gasteiger partial charge in [0, 0.05) is 6.92 Å². The van der Waals surface area contributed by atoms with Crippen LogP contribution in [-0.2, 0) is 14.3 Å². The molecule has 1 unspecified atom stereocenters. The Morgan fingerprint density at radius 2 is 2.54 bits per heavy atom. The molecule has 0 amide bonds. The predicted octanol–water partition coefficient (Wildman–Crippen LogP) is 2.02. The van der Waals surface area contributed by atoms with Crippen molar-refractivity contribution in [1.82, 2.24) is 0 Å². The maximum Gasteiger partial charge on any atom is 0.302 e. The second kappa shape index (κ2) is 4.90. The van der Waals surface area contributed by atoms with E-state index in [1.807, 2.05) is 0 Å². The predicted molar refractivity (Wildman–Crippen MR) is 49.1 cm³/mol. The minimum absolute atomic E-state index is 0.0548. The SMILES string of the molecule is CCC1=COC(COC(C)=O)CC1. The van der Waals surface area contributed by atoms with Crippen LogP contribution in [0.4, 0.5) is 0 Å². The van der Waals surface area contributed by atoms with Gasteiger partial charge < -0.3 is 9.47 Å². The molecule has 13 heavy (non-hydrogen) atoms. The fraction of sp³-hybridized carbons (Fsp3) is 0.700. The van der Waals surface area contributed by atoms with Gasteiger partial charge >= 0.3 is 5.97 Å². The lowest BCUT2D eigenvalue weighted by Gasteiger charge is -2.22. The topological polar surface area (TPSA) is 35.5 Å². The van der Waals surface area contributed by atoms with Gasteiger partial charge in [0.25, 0.3) is 0 Å². The summed E-state index contributed by atoms with van der Waals surface area (Å²) in [6.45, 7) is 3.90. The summed E-state index contributed by atoms with van der Waals surface area (Å²) in [5.41, 5.74) is 1.33. The first kappa shape index (κ1) is 10.1. The molecule has 3 nitrogen and oxygen atoms in total. The zero-order chi connectivity index (χ0) is 9.68. The molecule has 0 aliphatic carbocycles. The highest BCUT2D eigenvalue weighted by molar-refractivity contribution is 5.65. The minimum Gasteiger partial charge on any atom is -0.495 e. The molecule has 0 aromatic heterocycles. The fourth-order valence-corrected chi connectivity index (χ4v) is 1.26. The van der Waals surface area contributed by atoms with E-state index in [1.54, 1.807) is 6.26 Å². The van der Waals surface area contributed by atoms with Gasteiger partial charge in [-0.15, -0.1) is 0 Å². The Bertz CT molecular complexity index is 208. The summed E-state index contributed by atoms with van der Waals surface area (Å²) in [4.78, 5) is 10.5. The maximum atomic E-state index is 10.5. The number of ether oxygens (including phenoxy) is 2. The molecular weight excluding hydrogens is 168 g/mol. The molecule has 1 aliphatic heterocycles. The second-order valence-corrected chi connectivity index (χ2v) is 3.23. The van der Waals surface area contributed by atoms with Gasteiger partial charge in [0.05, 0.1) is 6.26 Å². The standard InChI is InChI=1S/C10H16O3/c1-3-9-4-5-10(13-6-9)7-12-8(2)11/h6,10H,3-5,7H2,1-2H3. The average Bonchev–Trinajstić information content (AvgIpc) is 2.15. The van der Waals surface area contributed by atoms with Gasteiger partial charge in [-0.25, -0.2) is 0 Å². The van der Waals surface area contributed by atoms with E-state index in [1.165, 1.54) is 12.5 Å². The molecule has 0 aromatic carbocycles. The van der Waals surface area contributed by atoms with Crippen LogP contribution in [0.3, 0.4) is 0 Å². The van der Waals surface area contributed by atoms with Crippen LogP contribution in [0.2, 0.25) is 0 Å². The average molecular weight is 184 g/mol. The molecule has 1 heterocycles. The summed E-state index contributed by atoms with van der Waals surface area (Å²) >= 11 is 0. The summed E-state index contributed by atoms with van der Waals surface area (Å²) in [5, 5.41) is 0. The molecule has 1 atom stereocenters. The van der Waals surface area contributed by atoms with Crippen molar-refractivity contribution in [2.75, 3.05) is 6.61 Å². The van der Waals surface area contributed by atoms with Crippen LogP contribution >= 0.6 is 0 Å². The van der Waals surface area contributed by atoms with Crippen molar-refractivity contribution in [1.29, 1.82) is 0 Å². The molecule has 1 aliphatic rings. The largest absolute Gasteiger partial charge is 0.495 e. The molecule has 0 saturated heterocycles. The minimum atomic E-state index is -0.242. The molecular formula is C10H16O3. The molecule has 1 rings (SSSR count). The molecule has 3 heteroatoms. The molecule has 0 aromatic rings. The van der Waals surface area contributed by atoms with Crippen LogP contribution in [0, 0.1) is 0 Å². The van der Waals surface area contributed by atoms with Crippen molar-refractivity contribution in [3.05, 3.63) is 11.8 Å². The Morgan fingerprint density at radius 3 is 3.00 bits per heavy atom. The Hall–Kier alpha value is -0.990. The van der Waals surface area contributed by atoms with Gasteiger partial charge in [0.1, 0.15) is 12.7 Å². The quantitative estimate of drug-likeness (QED) is 0.629. The van der Waals surface area contributed by atoms with Crippen molar-refractivity contribution in [2.24, 2.45) is 0 Å². The lowest BCUT2D eigenvalue weighted by molar-refractivity contribution is -0.144. The van der Waals surface area contributed by atoms with Crippen molar-refractivity contribution in [3.8, 4) is 0 Å². The van der Waals surface area contributed by atoms with Gasteiger partial charge in [0.2, 0.25) is 0 Å². The third-order valence-electron chi connectivity index (χ3n) is 2.14. The highest BCUT2D eigenvalue weighted by atomic mass is 16.6. The molecule has 0 radical (unpaired) electrons. The van der Waals surface area contributed by atoms with Crippen molar-refractivity contribution in [3.63, 3.8) is 0 Å². The Labute approximate surface area is 78.7 Å². The zero-order valence-corrected chi connectivity index (χ0v) is 8.21. The summed E-state index contributed by atoms with van der Waals surface area (Å²) in [6, 6.07) is 0. The number of carbonyl (C=O) groups excluding carboxylic acids is 1. The van der Waals surface area contributed by atoms with E-state index in [0.717, 1.165) is 19.3 Å². The first-order chi connectivity index (χ1) is 6.22. The van der Waals surface area contributed by atoms with Crippen molar-refractivity contribution < 1.29 is 14.3 Å². The van der Waals surface area contributed by atoms with Crippen LogP contribution in [-0.4, -0.2) is 18.7 Å². The van der Waals surface area contributed by atoms with Crippen molar-refractivity contribution in [2.45, 2.75) is 39.2 Å². The second-order valence-electron chi connectivity index (χ2n) is 3.23. The van der Waals surface area contributed by atoms with E-state index in [-0.39, 0.29) is 12.1 Å². The fourth-order valence-electron chi connectivity index (χ4n) is 1.26. The van der Waals surface area contributed by atoms with E-state index in [0.29, 0.717) is 6.61 Å². The molecule has 0 N–H and O–H groups in total. The Kier molecular flexibility index (Phi) is 3.80. The molecule has 0 fully saturated rings. The maximum absolute atomic E-state index is 10.5. The summed E-state index contributed by atoms with van der Waals surface area (Å²) in [6.07, 6.45) is 4.91. The summed E-state index contributed by atoms with van der Waals surface area (Å²) in [5.74, 6) is -0.242. The van der Waals surface area contributed by atoms with Gasteiger partial charge in [0.15, 0.2) is 0 Å². The number of allylic oxidation sites excluding steroid dienone is 1. The van der Waals surface area contributed by atoms with Gasteiger partial charge in [-0.1, -0.05) is 6.92 Å². The monoisotopic (exact) mass is 184 g/mol. The van der Waals surface area contributed by atoms with Gasteiger partial charge in [-0.2, -0.15) is 0 Å². The number of esters is 1. The normalized spacial score (nSPS) is 21.7. The first-order valence-corrected chi connectivity index (χ1v) is 4.69.